The van der Waals surface area contributed by atoms with Crippen LogP contribution in [0.3, 0.4) is 0 Å². The van der Waals surface area contributed by atoms with Crippen LogP contribution in [0.1, 0.15) is 49.1 Å². The Morgan fingerprint density at radius 3 is 2.85 bits per heavy atom. The van der Waals surface area contributed by atoms with Crippen LogP contribution in [0.2, 0.25) is 0 Å². The Hall–Kier alpha value is -0.690. The summed E-state index contributed by atoms with van der Waals surface area (Å²) in [6, 6.07) is 0. The van der Waals surface area contributed by atoms with Crippen LogP contribution < -0.4 is 0 Å². The fourth-order valence-electron chi connectivity index (χ4n) is 2.88. The van der Waals surface area contributed by atoms with Crippen LogP contribution in [0, 0.1) is 5.92 Å². The lowest BCUT2D eigenvalue weighted by Gasteiger charge is -2.24. The molecule has 3 rings (SSSR count). The number of aromatic nitrogens is 2. The smallest absolute Gasteiger partial charge is 0.306 e. The first kappa shape index (κ1) is 14.3. The Balaban J connectivity index is 1.69. The van der Waals surface area contributed by atoms with Gasteiger partial charge in [-0.2, -0.15) is 16.7 Å². The summed E-state index contributed by atoms with van der Waals surface area (Å²) in [6.07, 6.45) is 2.17. The number of thioether (sulfide) groups is 2. The lowest BCUT2D eigenvalue weighted by Crippen LogP contribution is -2.17. The summed E-state index contributed by atoms with van der Waals surface area (Å²) in [5.74, 6) is 2.86. The van der Waals surface area contributed by atoms with Crippen LogP contribution in [-0.4, -0.2) is 38.0 Å². The van der Waals surface area contributed by atoms with Crippen molar-refractivity contribution < 1.29 is 14.4 Å². The van der Waals surface area contributed by atoms with Crippen molar-refractivity contribution in [3.05, 3.63) is 11.7 Å². The molecular weight excluding hydrogens is 296 g/mol. The monoisotopic (exact) mass is 314 g/mol. The van der Waals surface area contributed by atoms with Gasteiger partial charge in [0.15, 0.2) is 5.82 Å². The fraction of sp³-hybridized carbons (Fsp3) is 0.769. The van der Waals surface area contributed by atoms with Crippen LogP contribution in [0.25, 0.3) is 0 Å². The molecule has 7 heteroatoms. The van der Waals surface area contributed by atoms with Gasteiger partial charge in [0.2, 0.25) is 5.89 Å². The number of carboxylic acid groups (broad SMARTS) is 1. The van der Waals surface area contributed by atoms with Crippen LogP contribution in [0.5, 0.6) is 0 Å². The Morgan fingerprint density at radius 2 is 2.15 bits per heavy atom. The molecule has 5 nitrogen and oxygen atoms in total. The minimum Gasteiger partial charge on any atom is -0.481 e. The minimum atomic E-state index is -0.708. The van der Waals surface area contributed by atoms with E-state index in [1.807, 2.05) is 23.5 Å². The molecule has 1 aromatic rings. The number of carbonyl (C=O) groups is 1. The SMILES string of the molecule is CC1SCCSC1c1noc(C2CCC(C(=O)O)C2)n1. The van der Waals surface area contributed by atoms with Gasteiger partial charge in [0, 0.05) is 22.7 Å². The minimum absolute atomic E-state index is 0.119. The van der Waals surface area contributed by atoms with Gasteiger partial charge in [-0.3, -0.25) is 4.79 Å². The number of carboxylic acids is 1. The van der Waals surface area contributed by atoms with Crippen molar-refractivity contribution >= 4 is 29.5 Å². The highest BCUT2D eigenvalue weighted by molar-refractivity contribution is 8.06. The average molecular weight is 314 g/mol. The number of hydrogen-bond acceptors (Lipinski definition) is 6. The van der Waals surface area contributed by atoms with E-state index in [0.717, 1.165) is 18.0 Å². The van der Waals surface area contributed by atoms with Crippen LogP contribution in [0.15, 0.2) is 4.52 Å². The standard InChI is InChI=1S/C13H18N2O3S2/c1-7-10(20-5-4-19-7)11-14-12(18-15-11)8-2-3-9(6-8)13(16)17/h7-10H,2-6H2,1H3,(H,16,17). The molecule has 0 amide bonds. The van der Waals surface area contributed by atoms with Crippen LogP contribution >= 0.6 is 23.5 Å². The molecular formula is C13H18N2O3S2. The molecule has 0 spiro atoms. The molecule has 2 fully saturated rings. The first-order chi connectivity index (χ1) is 9.65. The summed E-state index contributed by atoms with van der Waals surface area (Å²) in [7, 11) is 0. The zero-order valence-corrected chi connectivity index (χ0v) is 13.0. The van der Waals surface area contributed by atoms with E-state index in [-0.39, 0.29) is 11.8 Å². The van der Waals surface area contributed by atoms with Crippen LogP contribution in [-0.2, 0) is 4.79 Å². The topological polar surface area (TPSA) is 76.2 Å². The molecule has 110 valence electrons. The van der Waals surface area contributed by atoms with Gasteiger partial charge in [0.1, 0.15) is 0 Å². The zero-order valence-electron chi connectivity index (χ0n) is 11.3. The molecule has 0 radical (unpaired) electrons. The maximum atomic E-state index is 11.0. The molecule has 2 aliphatic rings. The van der Waals surface area contributed by atoms with E-state index in [0.29, 0.717) is 29.2 Å². The van der Waals surface area contributed by atoms with Crippen LogP contribution in [0.4, 0.5) is 0 Å². The summed E-state index contributed by atoms with van der Waals surface area (Å²) in [4.78, 5) is 15.6. The average Bonchev–Trinajstić information content (AvgIpc) is 3.08. The van der Waals surface area contributed by atoms with Gasteiger partial charge in [-0.25, -0.2) is 0 Å². The van der Waals surface area contributed by atoms with Gasteiger partial charge in [0.05, 0.1) is 11.2 Å². The molecule has 1 saturated heterocycles. The summed E-state index contributed by atoms with van der Waals surface area (Å²) in [6.45, 7) is 2.20. The van der Waals surface area contributed by atoms with Gasteiger partial charge in [-0.1, -0.05) is 12.1 Å². The van der Waals surface area contributed by atoms with Gasteiger partial charge in [-0.15, -0.1) is 11.8 Å². The maximum absolute atomic E-state index is 11.0. The number of nitrogens with zero attached hydrogens (tertiary/aromatic N) is 2. The summed E-state index contributed by atoms with van der Waals surface area (Å²) < 4.78 is 5.40. The van der Waals surface area contributed by atoms with Crippen molar-refractivity contribution in [2.24, 2.45) is 5.92 Å². The van der Waals surface area contributed by atoms with E-state index in [4.69, 9.17) is 9.63 Å². The lowest BCUT2D eigenvalue weighted by molar-refractivity contribution is -0.141. The van der Waals surface area contributed by atoms with Gasteiger partial charge >= 0.3 is 5.97 Å². The summed E-state index contributed by atoms with van der Waals surface area (Å²) in [5, 5.41) is 14.0. The summed E-state index contributed by atoms with van der Waals surface area (Å²) >= 11 is 3.83. The van der Waals surface area contributed by atoms with Crippen molar-refractivity contribution in [1.29, 1.82) is 0 Å². The van der Waals surface area contributed by atoms with Crippen molar-refractivity contribution in [3.8, 4) is 0 Å². The molecule has 0 bridgehead atoms. The highest BCUT2D eigenvalue weighted by Gasteiger charge is 2.35. The third-order valence-electron chi connectivity index (χ3n) is 4.03. The fourth-order valence-corrected chi connectivity index (χ4v) is 5.55. The highest BCUT2D eigenvalue weighted by atomic mass is 32.2. The van der Waals surface area contributed by atoms with E-state index in [2.05, 4.69) is 17.1 Å². The van der Waals surface area contributed by atoms with E-state index < -0.39 is 5.97 Å². The first-order valence-corrected chi connectivity index (χ1v) is 9.04. The van der Waals surface area contributed by atoms with E-state index in [9.17, 15) is 4.79 Å². The predicted octanol–water partition coefficient (Wildman–Crippen LogP) is 2.95. The molecule has 0 aromatic carbocycles. The largest absolute Gasteiger partial charge is 0.481 e. The molecule has 4 atom stereocenters. The second kappa shape index (κ2) is 5.97. The van der Waals surface area contributed by atoms with Crippen molar-refractivity contribution in [2.45, 2.75) is 42.6 Å². The van der Waals surface area contributed by atoms with E-state index in [1.54, 1.807) is 0 Å². The predicted molar refractivity (Wildman–Crippen MR) is 79.1 cm³/mol. The Kier molecular flexibility index (Phi) is 4.26. The third-order valence-corrected chi connectivity index (χ3v) is 7.12. The molecule has 4 unspecified atom stereocenters. The lowest BCUT2D eigenvalue weighted by atomic mass is 10.1. The zero-order chi connectivity index (χ0) is 14.1. The Labute approximate surface area is 126 Å². The number of aliphatic carboxylic acids is 1. The molecule has 1 aliphatic carbocycles. The molecule has 2 heterocycles. The molecule has 1 aromatic heterocycles. The van der Waals surface area contributed by atoms with Crippen molar-refractivity contribution in [3.63, 3.8) is 0 Å². The maximum Gasteiger partial charge on any atom is 0.306 e. The number of hydrogen-bond donors (Lipinski definition) is 1. The van der Waals surface area contributed by atoms with E-state index >= 15 is 0 Å². The normalized spacial score (nSPS) is 34.2. The van der Waals surface area contributed by atoms with E-state index in [1.165, 1.54) is 5.75 Å². The van der Waals surface area contributed by atoms with Gasteiger partial charge < -0.3 is 9.63 Å². The summed E-state index contributed by atoms with van der Waals surface area (Å²) in [5.41, 5.74) is 0. The third kappa shape index (κ3) is 2.83. The van der Waals surface area contributed by atoms with Gasteiger partial charge in [-0.05, 0) is 19.3 Å². The second-order valence-corrected chi connectivity index (χ2v) is 8.14. The molecule has 20 heavy (non-hydrogen) atoms. The Bertz CT molecular complexity index is 494. The van der Waals surface area contributed by atoms with Crippen molar-refractivity contribution in [1.82, 2.24) is 10.1 Å². The second-order valence-electron chi connectivity index (χ2n) is 5.40. The number of rotatable bonds is 3. The van der Waals surface area contributed by atoms with Crippen molar-refractivity contribution in [2.75, 3.05) is 11.5 Å². The first-order valence-electron chi connectivity index (χ1n) is 6.94. The molecule has 1 aliphatic heterocycles. The Morgan fingerprint density at radius 1 is 1.35 bits per heavy atom. The van der Waals surface area contributed by atoms with Gasteiger partial charge in [0.25, 0.3) is 0 Å². The molecule has 1 N–H and O–H groups in total. The highest BCUT2D eigenvalue weighted by Crippen LogP contribution is 2.43. The quantitative estimate of drug-likeness (QED) is 0.919. The molecule has 1 saturated carbocycles.